The zero-order chi connectivity index (χ0) is 24.1. The van der Waals surface area contributed by atoms with Gasteiger partial charge in [0.1, 0.15) is 0 Å². The Morgan fingerprint density at radius 1 is 0.485 bits per heavy atom. The lowest BCUT2D eigenvalue weighted by Gasteiger charge is -2.48. The molecule has 3 nitrogen and oxygen atoms in total. The Morgan fingerprint density at radius 2 is 0.818 bits per heavy atom. The third kappa shape index (κ3) is 14.1. The molecule has 2 N–H and O–H groups in total. The van der Waals surface area contributed by atoms with Crippen LogP contribution in [0.3, 0.4) is 0 Å². The van der Waals surface area contributed by atoms with Crippen LogP contribution in [0.4, 0.5) is 0 Å². The standard InChI is InChI=1S/C28H54O.C2H6O2/c1-3-5-7-9-11-15-21-27(23-17-13-18-24-27)29-28(25-19-14-20-26-28)22-16-12-10-8-6-4-2;3-1-2-4/h3-26H2,1-2H3;3-4H,1-2H2. The van der Waals surface area contributed by atoms with Gasteiger partial charge in [0.15, 0.2) is 0 Å². The van der Waals surface area contributed by atoms with E-state index in [1.54, 1.807) is 0 Å². The van der Waals surface area contributed by atoms with Crippen LogP contribution >= 0.6 is 0 Å². The number of hydrogen-bond acceptors (Lipinski definition) is 3. The second kappa shape index (κ2) is 20.1. The Labute approximate surface area is 207 Å². The normalized spacial score (nSPS) is 19.6. The Balaban J connectivity index is 0.00000125. The van der Waals surface area contributed by atoms with Crippen molar-refractivity contribution in [2.75, 3.05) is 13.2 Å². The summed E-state index contributed by atoms with van der Waals surface area (Å²) in [6.45, 7) is 4.39. The highest BCUT2D eigenvalue weighted by Crippen LogP contribution is 2.45. The number of ether oxygens (including phenoxy) is 1. The monoisotopic (exact) mass is 468 g/mol. The zero-order valence-electron chi connectivity index (χ0n) is 22.7. The fraction of sp³-hybridized carbons (Fsp3) is 1.00. The molecule has 0 bridgehead atoms. The summed E-state index contributed by atoms with van der Waals surface area (Å²) in [5, 5.41) is 15.2. The summed E-state index contributed by atoms with van der Waals surface area (Å²) < 4.78 is 7.36. The Morgan fingerprint density at radius 3 is 1.15 bits per heavy atom. The first-order chi connectivity index (χ1) is 16.2. The van der Waals surface area contributed by atoms with E-state index in [1.807, 2.05) is 0 Å². The molecule has 0 aromatic carbocycles. The van der Waals surface area contributed by atoms with Crippen molar-refractivity contribution in [1.82, 2.24) is 0 Å². The summed E-state index contributed by atoms with van der Waals surface area (Å²) in [4.78, 5) is 0. The van der Waals surface area contributed by atoms with Crippen LogP contribution in [0, 0.1) is 0 Å². The van der Waals surface area contributed by atoms with Crippen molar-refractivity contribution in [1.29, 1.82) is 0 Å². The summed E-state index contributed by atoms with van der Waals surface area (Å²) in [7, 11) is 0. The molecule has 2 aliphatic rings. The van der Waals surface area contributed by atoms with Crippen LogP contribution in [0.25, 0.3) is 0 Å². The van der Waals surface area contributed by atoms with Crippen molar-refractivity contribution in [3.8, 4) is 0 Å². The Hall–Kier alpha value is -0.120. The summed E-state index contributed by atoms with van der Waals surface area (Å²) in [5.74, 6) is 0. The molecule has 0 saturated heterocycles. The molecule has 198 valence electrons. The minimum Gasteiger partial charge on any atom is -0.394 e. The van der Waals surface area contributed by atoms with E-state index >= 15 is 0 Å². The van der Waals surface area contributed by atoms with Gasteiger partial charge in [0.25, 0.3) is 0 Å². The molecule has 2 fully saturated rings. The summed E-state index contributed by atoms with van der Waals surface area (Å²) in [5.41, 5.74) is 0.477. The SMILES string of the molecule is CCCCCCCCC1(OC2(CCCCCCCC)CCCCC2)CCCCC1.OCCO. The molecule has 0 aromatic heterocycles. The van der Waals surface area contributed by atoms with E-state index in [9.17, 15) is 0 Å². The predicted octanol–water partition coefficient (Wildman–Crippen LogP) is 8.88. The first-order valence-corrected chi connectivity index (χ1v) is 15.1. The molecular weight excluding hydrogens is 408 g/mol. The van der Waals surface area contributed by atoms with Gasteiger partial charge in [-0.25, -0.2) is 0 Å². The highest BCUT2D eigenvalue weighted by molar-refractivity contribution is 4.93. The van der Waals surface area contributed by atoms with E-state index in [4.69, 9.17) is 14.9 Å². The molecule has 2 aliphatic carbocycles. The quantitative estimate of drug-likeness (QED) is 0.209. The van der Waals surface area contributed by atoms with Crippen molar-refractivity contribution in [2.45, 2.75) is 179 Å². The fourth-order valence-corrected chi connectivity index (χ4v) is 6.11. The number of aliphatic hydroxyl groups is 2. The summed E-state index contributed by atoms with van der Waals surface area (Å²) in [6, 6.07) is 0. The largest absolute Gasteiger partial charge is 0.394 e. The van der Waals surface area contributed by atoms with Crippen LogP contribution < -0.4 is 0 Å². The molecule has 0 spiro atoms. The lowest BCUT2D eigenvalue weighted by atomic mass is 9.76. The van der Waals surface area contributed by atoms with E-state index in [0.717, 1.165) is 0 Å². The number of hydrogen-bond donors (Lipinski definition) is 2. The Bertz CT molecular complexity index is 373. The lowest BCUT2D eigenvalue weighted by Crippen LogP contribution is -2.47. The van der Waals surface area contributed by atoms with E-state index in [2.05, 4.69) is 13.8 Å². The van der Waals surface area contributed by atoms with E-state index in [0.29, 0.717) is 0 Å². The topological polar surface area (TPSA) is 49.7 Å². The number of rotatable bonds is 17. The van der Waals surface area contributed by atoms with Crippen molar-refractivity contribution in [3.63, 3.8) is 0 Å². The summed E-state index contributed by atoms with van der Waals surface area (Å²) >= 11 is 0. The molecule has 2 rings (SSSR count). The molecular formula is C30H60O3. The predicted molar refractivity (Wildman–Crippen MR) is 143 cm³/mol. The first-order valence-electron chi connectivity index (χ1n) is 15.1. The smallest absolute Gasteiger partial charge is 0.0690 e. The van der Waals surface area contributed by atoms with Gasteiger partial charge in [-0.1, -0.05) is 129 Å². The molecule has 0 amide bonds. The van der Waals surface area contributed by atoms with Crippen LogP contribution in [0.2, 0.25) is 0 Å². The van der Waals surface area contributed by atoms with Crippen LogP contribution in [0.5, 0.6) is 0 Å². The maximum Gasteiger partial charge on any atom is 0.0690 e. The molecule has 2 saturated carbocycles. The van der Waals surface area contributed by atoms with Gasteiger partial charge in [-0.3, -0.25) is 0 Å². The van der Waals surface area contributed by atoms with Crippen molar-refractivity contribution in [3.05, 3.63) is 0 Å². The molecule has 0 unspecified atom stereocenters. The van der Waals surface area contributed by atoms with Crippen LogP contribution in [-0.4, -0.2) is 34.6 Å². The van der Waals surface area contributed by atoms with Gasteiger partial charge < -0.3 is 14.9 Å². The second-order valence-corrected chi connectivity index (χ2v) is 11.1. The molecule has 0 heterocycles. The molecule has 0 atom stereocenters. The number of unbranched alkanes of at least 4 members (excludes halogenated alkanes) is 10. The maximum atomic E-state index is 7.62. The van der Waals surface area contributed by atoms with E-state index < -0.39 is 0 Å². The van der Waals surface area contributed by atoms with Gasteiger partial charge in [-0.2, -0.15) is 0 Å². The molecule has 0 radical (unpaired) electrons. The van der Waals surface area contributed by atoms with E-state index in [1.165, 1.54) is 154 Å². The third-order valence-corrected chi connectivity index (χ3v) is 8.03. The lowest BCUT2D eigenvalue weighted by molar-refractivity contribution is -0.192. The van der Waals surface area contributed by atoms with Crippen LogP contribution in [0.15, 0.2) is 0 Å². The third-order valence-electron chi connectivity index (χ3n) is 8.03. The van der Waals surface area contributed by atoms with Gasteiger partial charge in [-0.05, 0) is 38.5 Å². The van der Waals surface area contributed by atoms with E-state index in [-0.39, 0.29) is 24.4 Å². The van der Waals surface area contributed by atoms with Crippen molar-refractivity contribution in [2.24, 2.45) is 0 Å². The van der Waals surface area contributed by atoms with Crippen LogP contribution in [-0.2, 0) is 4.74 Å². The zero-order valence-corrected chi connectivity index (χ0v) is 22.7. The minimum absolute atomic E-state index is 0.125. The van der Waals surface area contributed by atoms with Crippen molar-refractivity contribution >= 4 is 0 Å². The average molecular weight is 469 g/mol. The number of aliphatic hydroxyl groups excluding tert-OH is 2. The first kappa shape index (κ1) is 30.9. The van der Waals surface area contributed by atoms with Crippen LogP contribution in [0.1, 0.15) is 168 Å². The molecule has 3 heteroatoms. The van der Waals surface area contributed by atoms with Crippen molar-refractivity contribution < 1.29 is 14.9 Å². The molecule has 0 aliphatic heterocycles. The molecule has 33 heavy (non-hydrogen) atoms. The maximum absolute atomic E-state index is 7.62. The Kier molecular flexibility index (Phi) is 18.8. The van der Waals surface area contributed by atoms with Gasteiger partial charge in [-0.15, -0.1) is 0 Å². The second-order valence-electron chi connectivity index (χ2n) is 11.1. The fourth-order valence-electron chi connectivity index (χ4n) is 6.11. The summed E-state index contributed by atoms with van der Waals surface area (Å²) in [6.07, 6.45) is 33.5. The average Bonchev–Trinajstić information content (AvgIpc) is 2.85. The van der Waals surface area contributed by atoms with Gasteiger partial charge in [0.2, 0.25) is 0 Å². The molecule has 0 aromatic rings. The van der Waals surface area contributed by atoms with Gasteiger partial charge in [0, 0.05) is 0 Å². The minimum atomic E-state index is -0.125. The highest BCUT2D eigenvalue weighted by Gasteiger charge is 2.42. The van der Waals surface area contributed by atoms with Gasteiger partial charge >= 0.3 is 0 Å². The van der Waals surface area contributed by atoms with Gasteiger partial charge in [0.05, 0.1) is 24.4 Å². The highest BCUT2D eigenvalue weighted by atomic mass is 16.5.